The van der Waals surface area contributed by atoms with Crippen molar-refractivity contribution in [2.45, 2.75) is 151 Å². The summed E-state index contributed by atoms with van der Waals surface area (Å²) in [5.41, 5.74) is 4.35. The number of halogens is 3. The third kappa shape index (κ3) is 10.5. The van der Waals surface area contributed by atoms with Crippen LogP contribution in [0.3, 0.4) is 0 Å². The summed E-state index contributed by atoms with van der Waals surface area (Å²) in [5, 5.41) is 14.7. The maximum atomic E-state index is 4.41. The van der Waals surface area contributed by atoms with Gasteiger partial charge in [-0.1, -0.05) is 245 Å². The Bertz CT molecular complexity index is 1760. The van der Waals surface area contributed by atoms with Crippen LogP contribution in [0.15, 0.2) is 71.3 Å². The minimum absolute atomic E-state index is 0. The Balaban J connectivity index is 0.00000756. The van der Waals surface area contributed by atoms with Gasteiger partial charge < -0.3 is 37.2 Å². The van der Waals surface area contributed by atoms with Crippen molar-refractivity contribution in [3.05, 3.63) is 77.4 Å². The molecule has 0 saturated heterocycles. The van der Waals surface area contributed by atoms with E-state index in [0.29, 0.717) is 0 Å². The minimum Gasteiger partial charge on any atom is -1.00 e. The van der Waals surface area contributed by atoms with Crippen molar-refractivity contribution in [3.63, 3.8) is 0 Å². The van der Waals surface area contributed by atoms with E-state index in [2.05, 4.69) is 206 Å². The van der Waals surface area contributed by atoms with Crippen molar-refractivity contribution in [1.29, 1.82) is 0 Å². The summed E-state index contributed by atoms with van der Waals surface area (Å²) < 4.78 is 0. The first-order chi connectivity index (χ1) is 23.2. The maximum absolute atomic E-state index is 4.41. The van der Waals surface area contributed by atoms with E-state index in [1.807, 2.05) is 0 Å². The molecule has 1 aliphatic carbocycles. The molecule has 0 aliphatic heterocycles. The standard InChI is InChI=1S/C45H75Si7.3ClH.Ti/c1-33-32-45(4,35(3)34(33)2)52(39-26-23-36(46(5,6)7)29-42(39)49(14,15)16,40-27-24-37(47(8,9)10)30-43(40)50(17,18)19)41-28-25-38(48(11,12)13)31-44(41)51(20,21)22;;;;/h23-31H,1-22H3;3*1H;/q-1;;;;+4/p-3. The molecule has 0 fully saturated rings. The van der Waals surface area contributed by atoms with Gasteiger partial charge in [0, 0.05) is 0 Å². The van der Waals surface area contributed by atoms with Gasteiger partial charge in [0.2, 0.25) is 0 Å². The molecule has 0 spiro atoms. The second-order valence-electron chi connectivity index (χ2n) is 22.7. The van der Waals surface area contributed by atoms with Crippen molar-refractivity contribution in [2.24, 2.45) is 0 Å². The normalized spacial score (nSPS) is 17.0. The van der Waals surface area contributed by atoms with Crippen LogP contribution in [0.5, 0.6) is 0 Å². The minimum atomic E-state index is -3.01. The maximum Gasteiger partial charge on any atom is 4.00 e. The Morgan fingerprint density at radius 1 is 0.393 bits per heavy atom. The predicted octanol–water partition coefficient (Wildman–Crippen LogP) is -0.703. The Labute approximate surface area is 386 Å². The summed E-state index contributed by atoms with van der Waals surface area (Å²) in [7, 11) is -13.3. The monoisotopic (exact) mass is 964 g/mol. The van der Waals surface area contributed by atoms with Gasteiger partial charge in [0.05, 0.1) is 48.4 Å². The van der Waals surface area contributed by atoms with Gasteiger partial charge >= 0.3 is 21.7 Å². The third-order valence-electron chi connectivity index (χ3n) is 12.4. The van der Waals surface area contributed by atoms with Gasteiger partial charge in [0.1, 0.15) is 8.07 Å². The fraction of sp³-hybridized carbons (Fsp3) is 0.511. The van der Waals surface area contributed by atoms with Gasteiger partial charge in [-0.05, 0) is 0 Å². The van der Waals surface area contributed by atoms with Gasteiger partial charge in [-0.25, -0.2) is 5.57 Å². The van der Waals surface area contributed by atoms with Gasteiger partial charge in [0.25, 0.3) is 0 Å². The molecule has 11 heteroatoms. The zero-order chi connectivity index (χ0) is 40.0. The van der Waals surface area contributed by atoms with Gasteiger partial charge in [-0.15, -0.1) is 6.92 Å². The summed E-state index contributed by atoms with van der Waals surface area (Å²) in [6, 6.07) is 24.2. The summed E-state index contributed by atoms with van der Waals surface area (Å²) in [5.74, 6) is 0. The zero-order valence-electron chi connectivity index (χ0n) is 39.3. The first-order valence-corrected chi connectivity index (χ1v) is 43.0. The predicted molar refractivity (Wildman–Crippen MR) is 261 cm³/mol. The van der Waals surface area contributed by atoms with Crippen LogP contribution in [0.25, 0.3) is 0 Å². The number of hydrogen-bond donors (Lipinski definition) is 0. The molecule has 1 unspecified atom stereocenters. The fourth-order valence-electron chi connectivity index (χ4n) is 8.71. The molecule has 1 aliphatic rings. The molecule has 0 N–H and O–H groups in total. The van der Waals surface area contributed by atoms with Crippen LogP contribution in [0.4, 0.5) is 0 Å². The van der Waals surface area contributed by atoms with Crippen LogP contribution in [0.2, 0.25) is 123 Å². The molecular formula is C45H75Cl3Si7Ti. The number of benzene rings is 3. The Morgan fingerprint density at radius 2 is 0.643 bits per heavy atom. The number of hydrogen-bond acceptors (Lipinski definition) is 0. The molecule has 308 valence electrons. The fourth-order valence-corrected chi connectivity index (χ4v) is 28.2. The number of allylic oxidation sites excluding steroid dienone is 4. The molecular weight excluding hydrogens is 891 g/mol. The average molecular weight is 967 g/mol. The molecule has 0 amide bonds. The Kier molecular flexibility index (Phi) is 18.4. The van der Waals surface area contributed by atoms with Crippen molar-refractivity contribution < 1.29 is 58.9 Å². The molecule has 0 radical (unpaired) electrons. The average Bonchev–Trinajstić information content (AvgIpc) is 3.17. The van der Waals surface area contributed by atoms with E-state index in [4.69, 9.17) is 0 Å². The van der Waals surface area contributed by atoms with Crippen LogP contribution in [0.1, 0.15) is 27.7 Å². The van der Waals surface area contributed by atoms with Crippen molar-refractivity contribution in [1.82, 2.24) is 0 Å². The van der Waals surface area contributed by atoms with E-state index in [1.54, 1.807) is 52.3 Å². The van der Waals surface area contributed by atoms with Crippen LogP contribution >= 0.6 is 0 Å². The molecule has 0 aromatic heterocycles. The van der Waals surface area contributed by atoms with Gasteiger partial charge in [-0.3, -0.25) is 6.08 Å². The second kappa shape index (κ2) is 18.3. The molecule has 0 heterocycles. The van der Waals surface area contributed by atoms with E-state index in [0.717, 1.165) is 0 Å². The van der Waals surface area contributed by atoms with Crippen LogP contribution in [0, 0.1) is 6.08 Å². The van der Waals surface area contributed by atoms with E-state index < -0.39 is 56.5 Å². The molecule has 3 aromatic rings. The second-order valence-corrected chi connectivity index (χ2v) is 57.1. The smallest absolute Gasteiger partial charge is 1.00 e. The first kappa shape index (κ1) is 56.2. The zero-order valence-corrected chi connectivity index (χ0v) is 50.2. The van der Waals surface area contributed by atoms with Crippen molar-refractivity contribution in [3.8, 4) is 0 Å². The molecule has 56 heavy (non-hydrogen) atoms. The largest absolute Gasteiger partial charge is 4.00 e. The van der Waals surface area contributed by atoms with E-state index in [9.17, 15) is 0 Å². The molecule has 4 rings (SSSR count). The van der Waals surface area contributed by atoms with E-state index in [-0.39, 0.29) is 64.0 Å². The van der Waals surface area contributed by atoms with Gasteiger partial charge in [0.15, 0.2) is 0 Å². The SMILES string of the molecule is CC1=[C-]C(C)([Si](c2ccc([Si](C)(C)C)cc2[Si](C)(C)C)(c2ccc([Si](C)(C)C)cc2[Si](C)(C)C)c2ccc([Si](C)(C)C)cc2[Si](C)(C)C)C(C)=C1C.[Cl-].[Cl-].[Cl-].[Ti+4]. The van der Waals surface area contributed by atoms with Crippen molar-refractivity contribution in [2.75, 3.05) is 0 Å². The van der Waals surface area contributed by atoms with Crippen LogP contribution in [-0.4, -0.2) is 56.5 Å². The molecule has 0 bridgehead atoms. The summed E-state index contributed by atoms with van der Waals surface area (Å²) >= 11 is 0. The molecule has 0 saturated carbocycles. The van der Waals surface area contributed by atoms with Gasteiger partial charge in [-0.2, -0.15) is 11.1 Å². The van der Waals surface area contributed by atoms with Crippen LogP contribution in [-0.2, 0) is 21.7 Å². The van der Waals surface area contributed by atoms with Crippen molar-refractivity contribution >= 4 is 103 Å². The van der Waals surface area contributed by atoms with E-state index >= 15 is 0 Å². The Morgan fingerprint density at radius 3 is 0.821 bits per heavy atom. The third-order valence-corrected chi connectivity index (χ3v) is 31.1. The molecule has 3 aromatic carbocycles. The summed E-state index contributed by atoms with van der Waals surface area (Å²) in [6.07, 6.45) is 4.41. The topological polar surface area (TPSA) is 0 Å². The quantitative estimate of drug-likeness (QED) is 0.144. The van der Waals surface area contributed by atoms with Crippen LogP contribution < -0.4 is 83.9 Å². The Hall–Kier alpha value is 0.242. The van der Waals surface area contributed by atoms with E-state index in [1.165, 1.54) is 11.1 Å². The summed E-state index contributed by atoms with van der Waals surface area (Å²) in [6.45, 7) is 56.3. The number of rotatable bonds is 10. The summed E-state index contributed by atoms with van der Waals surface area (Å²) in [4.78, 5) is 0. The first-order valence-electron chi connectivity index (χ1n) is 20.0. The molecule has 0 nitrogen and oxygen atoms in total. The molecule has 1 atom stereocenters.